The van der Waals surface area contributed by atoms with Crippen LogP contribution in [0.1, 0.15) is 31.0 Å². The summed E-state index contributed by atoms with van der Waals surface area (Å²) < 4.78 is 13.3. The van der Waals surface area contributed by atoms with Gasteiger partial charge in [0.05, 0.1) is 19.4 Å². The quantitative estimate of drug-likeness (QED) is 0.771. The second kappa shape index (κ2) is 8.39. The number of aromatic nitrogens is 2. The van der Waals surface area contributed by atoms with Crippen LogP contribution in [0.5, 0.6) is 11.5 Å². The average molecular weight is 343 g/mol. The van der Waals surface area contributed by atoms with Crippen molar-refractivity contribution in [1.29, 1.82) is 0 Å². The number of hydrogen-bond acceptors (Lipinski definition) is 4. The first-order valence-electron chi connectivity index (χ1n) is 9.20. The maximum absolute atomic E-state index is 6.01. The maximum atomic E-state index is 6.01. The van der Waals surface area contributed by atoms with Crippen LogP contribution in [-0.2, 0) is 13.1 Å². The topological polar surface area (TPSA) is 39.5 Å². The van der Waals surface area contributed by atoms with E-state index >= 15 is 0 Å². The number of rotatable bonds is 7. The molecular formula is C20H29N3O2. The van der Waals surface area contributed by atoms with E-state index in [4.69, 9.17) is 9.47 Å². The number of aryl methyl sites for hydroxylation is 2. The zero-order valence-corrected chi connectivity index (χ0v) is 15.6. The predicted molar refractivity (Wildman–Crippen MR) is 99.1 cm³/mol. The fourth-order valence-electron chi connectivity index (χ4n) is 3.45. The largest absolute Gasteiger partial charge is 0.497 e. The van der Waals surface area contributed by atoms with Gasteiger partial charge in [-0.1, -0.05) is 6.07 Å². The lowest BCUT2D eigenvalue weighted by atomic mass is 9.98. The van der Waals surface area contributed by atoms with Crippen LogP contribution >= 0.6 is 0 Å². The fourth-order valence-corrected chi connectivity index (χ4v) is 3.45. The highest BCUT2D eigenvalue weighted by molar-refractivity contribution is 5.32. The average Bonchev–Trinajstić information content (AvgIpc) is 3.00. The molecule has 2 aromatic rings. The van der Waals surface area contributed by atoms with Gasteiger partial charge in [0.1, 0.15) is 11.5 Å². The minimum Gasteiger partial charge on any atom is -0.497 e. The number of benzene rings is 1. The van der Waals surface area contributed by atoms with E-state index < -0.39 is 0 Å². The Morgan fingerprint density at radius 3 is 2.88 bits per heavy atom. The molecule has 0 saturated carbocycles. The fraction of sp³-hybridized carbons (Fsp3) is 0.550. The Kier molecular flexibility index (Phi) is 5.97. The molecule has 136 valence electrons. The summed E-state index contributed by atoms with van der Waals surface area (Å²) in [7, 11) is 1.68. The minimum atomic E-state index is 0.571. The molecule has 0 amide bonds. The Morgan fingerprint density at radius 2 is 2.12 bits per heavy atom. The van der Waals surface area contributed by atoms with Gasteiger partial charge in [-0.15, -0.1) is 0 Å². The summed E-state index contributed by atoms with van der Waals surface area (Å²) in [5.74, 6) is 2.30. The Balaban J connectivity index is 1.53. The second-order valence-corrected chi connectivity index (χ2v) is 6.83. The van der Waals surface area contributed by atoms with Crippen molar-refractivity contribution in [3.8, 4) is 11.5 Å². The predicted octanol–water partition coefficient (Wildman–Crippen LogP) is 3.51. The molecular weight excluding hydrogens is 314 g/mol. The smallest absolute Gasteiger partial charge is 0.122 e. The third-order valence-corrected chi connectivity index (χ3v) is 4.90. The number of piperidine rings is 1. The monoisotopic (exact) mass is 343 g/mol. The molecule has 0 spiro atoms. The first-order valence-corrected chi connectivity index (χ1v) is 9.20. The third-order valence-electron chi connectivity index (χ3n) is 4.90. The van der Waals surface area contributed by atoms with E-state index in [1.165, 1.54) is 18.4 Å². The molecule has 25 heavy (non-hydrogen) atoms. The standard InChI is InChI=1S/C20H29N3O2/c1-4-23-14-18(16(2)21-23)13-22-10-6-7-17(12-22)15-25-20-9-5-8-19(11-20)24-3/h5,8-9,11,14,17H,4,6-7,10,12-13,15H2,1-3H3/t17-/m1/s1. The van der Waals surface area contributed by atoms with E-state index in [0.717, 1.165) is 50.0 Å². The van der Waals surface area contributed by atoms with Gasteiger partial charge in [0.2, 0.25) is 0 Å². The van der Waals surface area contributed by atoms with Gasteiger partial charge in [0, 0.05) is 43.4 Å². The van der Waals surface area contributed by atoms with E-state index in [-0.39, 0.29) is 0 Å². The Labute approximate surface area is 150 Å². The number of nitrogens with zero attached hydrogens (tertiary/aromatic N) is 3. The van der Waals surface area contributed by atoms with Gasteiger partial charge in [-0.05, 0) is 45.4 Å². The molecule has 0 radical (unpaired) electrons. The molecule has 1 saturated heterocycles. The lowest BCUT2D eigenvalue weighted by molar-refractivity contribution is 0.125. The number of hydrogen-bond donors (Lipinski definition) is 0. The molecule has 0 N–H and O–H groups in total. The van der Waals surface area contributed by atoms with Gasteiger partial charge in [0.25, 0.3) is 0 Å². The van der Waals surface area contributed by atoms with Crippen molar-refractivity contribution in [3.05, 3.63) is 41.7 Å². The highest BCUT2D eigenvalue weighted by Gasteiger charge is 2.21. The zero-order valence-electron chi connectivity index (χ0n) is 15.6. The van der Waals surface area contributed by atoms with Crippen LogP contribution in [0.15, 0.2) is 30.5 Å². The Morgan fingerprint density at radius 1 is 1.28 bits per heavy atom. The first kappa shape index (κ1) is 17.8. The molecule has 0 bridgehead atoms. The zero-order chi connectivity index (χ0) is 17.6. The van der Waals surface area contributed by atoms with Crippen LogP contribution in [0.25, 0.3) is 0 Å². The molecule has 1 aliphatic rings. The van der Waals surface area contributed by atoms with Crippen LogP contribution < -0.4 is 9.47 Å². The maximum Gasteiger partial charge on any atom is 0.122 e. The van der Waals surface area contributed by atoms with Gasteiger partial charge in [-0.2, -0.15) is 5.10 Å². The molecule has 0 unspecified atom stereocenters. The summed E-state index contributed by atoms with van der Waals surface area (Å²) in [5.41, 5.74) is 2.49. The summed E-state index contributed by atoms with van der Waals surface area (Å²) in [6, 6.07) is 7.85. The first-order chi connectivity index (χ1) is 12.2. The van der Waals surface area contributed by atoms with Crippen molar-refractivity contribution in [1.82, 2.24) is 14.7 Å². The lowest BCUT2D eigenvalue weighted by Crippen LogP contribution is -2.37. The minimum absolute atomic E-state index is 0.571. The van der Waals surface area contributed by atoms with Crippen LogP contribution in [0.4, 0.5) is 0 Å². The van der Waals surface area contributed by atoms with Gasteiger partial charge in [0.15, 0.2) is 0 Å². The summed E-state index contributed by atoms with van der Waals surface area (Å²) in [4.78, 5) is 2.53. The van der Waals surface area contributed by atoms with Crippen molar-refractivity contribution >= 4 is 0 Å². The molecule has 1 fully saturated rings. The Bertz CT molecular complexity index is 683. The second-order valence-electron chi connectivity index (χ2n) is 6.83. The van der Waals surface area contributed by atoms with Crippen LogP contribution in [0.2, 0.25) is 0 Å². The highest BCUT2D eigenvalue weighted by Crippen LogP contribution is 2.23. The van der Waals surface area contributed by atoms with E-state index in [0.29, 0.717) is 5.92 Å². The van der Waals surface area contributed by atoms with Gasteiger partial charge >= 0.3 is 0 Å². The van der Waals surface area contributed by atoms with E-state index in [1.54, 1.807) is 7.11 Å². The molecule has 2 heterocycles. The van der Waals surface area contributed by atoms with Gasteiger partial charge < -0.3 is 9.47 Å². The molecule has 1 atom stereocenters. The normalized spacial score (nSPS) is 18.3. The molecule has 0 aliphatic carbocycles. The molecule has 3 rings (SSSR count). The van der Waals surface area contributed by atoms with Crippen LogP contribution in [0.3, 0.4) is 0 Å². The summed E-state index contributed by atoms with van der Waals surface area (Å²) in [6.07, 6.45) is 4.65. The van der Waals surface area contributed by atoms with E-state index in [9.17, 15) is 0 Å². The van der Waals surface area contributed by atoms with Crippen molar-refractivity contribution in [3.63, 3.8) is 0 Å². The van der Waals surface area contributed by atoms with Crippen LogP contribution in [-0.4, -0.2) is 41.5 Å². The van der Waals surface area contributed by atoms with E-state index in [1.807, 2.05) is 28.9 Å². The number of ether oxygens (including phenoxy) is 2. The number of likely N-dealkylation sites (tertiary alicyclic amines) is 1. The summed E-state index contributed by atoms with van der Waals surface area (Å²) in [5, 5.41) is 4.56. The molecule has 1 aromatic heterocycles. The lowest BCUT2D eigenvalue weighted by Gasteiger charge is -2.32. The Hall–Kier alpha value is -2.01. The SMILES string of the molecule is CCn1cc(CN2CCC[C@@H](COc3cccc(OC)c3)C2)c(C)n1. The molecule has 1 aliphatic heterocycles. The molecule has 5 nitrogen and oxygen atoms in total. The third kappa shape index (κ3) is 4.75. The molecule has 1 aromatic carbocycles. The number of methoxy groups -OCH3 is 1. The van der Waals surface area contributed by atoms with Crippen LogP contribution in [0, 0.1) is 12.8 Å². The van der Waals surface area contributed by atoms with Crippen molar-refractivity contribution in [2.24, 2.45) is 5.92 Å². The van der Waals surface area contributed by atoms with Gasteiger partial charge in [-0.3, -0.25) is 9.58 Å². The summed E-state index contributed by atoms with van der Waals surface area (Å²) in [6.45, 7) is 9.15. The molecule has 5 heteroatoms. The van der Waals surface area contributed by atoms with Crippen molar-refractivity contribution in [2.45, 2.75) is 39.8 Å². The van der Waals surface area contributed by atoms with Gasteiger partial charge in [-0.25, -0.2) is 0 Å². The highest BCUT2D eigenvalue weighted by atomic mass is 16.5. The van der Waals surface area contributed by atoms with E-state index in [2.05, 4.69) is 30.0 Å². The van der Waals surface area contributed by atoms with Crippen molar-refractivity contribution < 1.29 is 9.47 Å². The summed E-state index contributed by atoms with van der Waals surface area (Å²) >= 11 is 0. The van der Waals surface area contributed by atoms with Crippen molar-refractivity contribution in [2.75, 3.05) is 26.8 Å².